The molecular weight excluding hydrogens is 574 g/mol. The van der Waals surface area contributed by atoms with E-state index in [0.29, 0.717) is 6.61 Å². The van der Waals surface area contributed by atoms with E-state index in [1.807, 2.05) is 32.0 Å². The van der Waals surface area contributed by atoms with Gasteiger partial charge in [-0.1, -0.05) is 121 Å². The highest BCUT2D eigenvalue weighted by atomic mass is 16.7. The Bertz CT molecular complexity index is 1430. The Labute approximate surface area is 273 Å². The molecule has 6 nitrogen and oxygen atoms in total. The predicted octanol–water partition coefficient (Wildman–Crippen LogP) is 7.89. The topological polar surface area (TPSA) is 49.4 Å². The van der Waals surface area contributed by atoms with Crippen LogP contribution in [0.4, 0.5) is 0 Å². The highest BCUT2D eigenvalue weighted by molar-refractivity contribution is 5.47. The van der Waals surface area contributed by atoms with E-state index >= 15 is 0 Å². The predicted molar refractivity (Wildman–Crippen MR) is 180 cm³/mol. The van der Waals surface area contributed by atoms with E-state index in [4.69, 9.17) is 23.7 Å². The summed E-state index contributed by atoms with van der Waals surface area (Å²) in [4.78, 5) is 2.53. The maximum atomic E-state index is 7.39. The van der Waals surface area contributed by atoms with Crippen molar-refractivity contribution in [2.75, 3.05) is 27.1 Å². The van der Waals surface area contributed by atoms with Crippen molar-refractivity contribution in [3.05, 3.63) is 156 Å². The van der Waals surface area contributed by atoms with Gasteiger partial charge in [0.15, 0.2) is 0 Å². The number of methoxy groups -OCH3 is 1. The van der Waals surface area contributed by atoms with Crippen LogP contribution in [0.1, 0.15) is 48.9 Å². The van der Waals surface area contributed by atoms with Crippen molar-refractivity contribution in [3.8, 4) is 0 Å². The second-order valence-corrected chi connectivity index (χ2v) is 12.5. The van der Waals surface area contributed by atoms with Gasteiger partial charge in [0, 0.05) is 33.5 Å². The number of hydrogen-bond acceptors (Lipinski definition) is 6. The SMILES string of the molecule is COCO[C@@H](C(COC(c1ccccc1)(c1ccccc1)c1ccccc1)C1=COC(C)(C)O1)C1CCCN1Cc1ccccc1. The molecule has 0 bridgehead atoms. The first kappa shape index (κ1) is 32.0. The summed E-state index contributed by atoms with van der Waals surface area (Å²) in [5.41, 5.74) is 3.53. The minimum atomic E-state index is -0.886. The molecule has 2 unspecified atom stereocenters. The first-order valence-corrected chi connectivity index (χ1v) is 16.3. The zero-order chi connectivity index (χ0) is 31.8. The molecule has 0 spiro atoms. The lowest BCUT2D eigenvalue weighted by atomic mass is 9.80. The molecule has 4 aromatic carbocycles. The largest absolute Gasteiger partial charge is 0.457 e. The summed E-state index contributed by atoms with van der Waals surface area (Å²) in [6.07, 6.45) is 3.55. The minimum Gasteiger partial charge on any atom is -0.457 e. The Morgan fingerprint density at radius 1 is 0.804 bits per heavy atom. The van der Waals surface area contributed by atoms with E-state index in [9.17, 15) is 0 Å². The van der Waals surface area contributed by atoms with Crippen LogP contribution in [0, 0.1) is 5.92 Å². The quantitative estimate of drug-likeness (QED) is 0.106. The molecule has 0 amide bonds. The number of rotatable bonds is 14. The second kappa shape index (κ2) is 14.7. The molecule has 240 valence electrons. The highest BCUT2D eigenvalue weighted by Crippen LogP contribution is 2.43. The van der Waals surface area contributed by atoms with Gasteiger partial charge in [-0.05, 0) is 41.6 Å². The summed E-state index contributed by atoms with van der Waals surface area (Å²) >= 11 is 0. The Hall–Kier alpha value is -3.94. The summed E-state index contributed by atoms with van der Waals surface area (Å²) in [5.74, 6) is -0.344. The number of benzene rings is 4. The van der Waals surface area contributed by atoms with Gasteiger partial charge in [-0.3, -0.25) is 4.90 Å². The lowest BCUT2D eigenvalue weighted by Crippen LogP contribution is -2.48. The monoisotopic (exact) mass is 619 g/mol. The molecule has 2 aliphatic rings. The summed E-state index contributed by atoms with van der Waals surface area (Å²) in [6.45, 7) is 6.17. The molecule has 0 saturated carbocycles. The number of ether oxygens (including phenoxy) is 5. The molecule has 0 aromatic heterocycles. The highest BCUT2D eigenvalue weighted by Gasteiger charge is 2.46. The van der Waals surface area contributed by atoms with Gasteiger partial charge in [-0.25, -0.2) is 0 Å². The Morgan fingerprint density at radius 2 is 1.35 bits per heavy atom. The molecule has 0 aliphatic carbocycles. The molecule has 46 heavy (non-hydrogen) atoms. The molecule has 0 N–H and O–H groups in total. The maximum Gasteiger partial charge on any atom is 0.244 e. The van der Waals surface area contributed by atoms with E-state index in [-0.39, 0.29) is 24.9 Å². The summed E-state index contributed by atoms with van der Waals surface area (Å²) in [5, 5.41) is 0. The molecule has 1 saturated heterocycles. The van der Waals surface area contributed by atoms with Gasteiger partial charge in [0.05, 0.1) is 18.6 Å². The van der Waals surface area contributed by atoms with E-state index in [0.717, 1.165) is 48.4 Å². The molecule has 1 fully saturated rings. The lowest BCUT2D eigenvalue weighted by molar-refractivity contribution is -0.154. The van der Waals surface area contributed by atoms with Crippen LogP contribution >= 0.6 is 0 Å². The van der Waals surface area contributed by atoms with Crippen LogP contribution in [0.5, 0.6) is 0 Å². The molecule has 2 heterocycles. The van der Waals surface area contributed by atoms with E-state index in [1.165, 1.54) is 5.56 Å². The van der Waals surface area contributed by atoms with Crippen molar-refractivity contribution < 1.29 is 23.7 Å². The van der Waals surface area contributed by atoms with Gasteiger partial charge >= 0.3 is 0 Å². The molecule has 6 heteroatoms. The van der Waals surface area contributed by atoms with E-state index in [2.05, 4.69) is 108 Å². The van der Waals surface area contributed by atoms with Gasteiger partial charge < -0.3 is 23.7 Å². The van der Waals surface area contributed by atoms with Crippen molar-refractivity contribution in [1.82, 2.24) is 4.90 Å². The van der Waals surface area contributed by atoms with Gasteiger partial charge in [-0.15, -0.1) is 0 Å². The first-order chi connectivity index (χ1) is 22.5. The fourth-order valence-corrected chi connectivity index (χ4v) is 6.90. The zero-order valence-electron chi connectivity index (χ0n) is 27.1. The van der Waals surface area contributed by atoms with E-state index < -0.39 is 11.4 Å². The Balaban J connectivity index is 1.42. The average molecular weight is 620 g/mol. The average Bonchev–Trinajstić information content (AvgIpc) is 3.71. The van der Waals surface area contributed by atoms with Crippen LogP contribution in [0.2, 0.25) is 0 Å². The van der Waals surface area contributed by atoms with Gasteiger partial charge in [-0.2, -0.15) is 0 Å². The zero-order valence-corrected chi connectivity index (χ0v) is 27.1. The number of nitrogens with zero attached hydrogens (tertiary/aromatic N) is 1. The molecule has 3 atom stereocenters. The van der Waals surface area contributed by atoms with Crippen LogP contribution < -0.4 is 0 Å². The fourth-order valence-electron chi connectivity index (χ4n) is 6.90. The van der Waals surface area contributed by atoms with Gasteiger partial charge in [0.2, 0.25) is 5.79 Å². The van der Waals surface area contributed by atoms with Crippen LogP contribution in [0.25, 0.3) is 0 Å². The maximum absolute atomic E-state index is 7.39. The van der Waals surface area contributed by atoms with Crippen LogP contribution in [-0.2, 0) is 35.8 Å². The Kier molecular flexibility index (Phi) is 10.2. The third-order valence-electron chi connectivity index (χ3n) is 9.01. The summed E-state index contributed by atoms with van der Waals surface area (Å²) in [7, 11) is 1.67. The van der Waals surface area contributed by atoms with E-state index in [1.54, 1.807) is 13.4 Å². The lowest BCUT2D eigenvalue weighted by Gasteiger charge is -2.40. The van der Waals surface area contributed by atoms with Crippen molar-refractivity contribution in [2.45, 2.75) is 56.8 Å². The number of likely N-dealkylation sites (tertiary alicyclic amines) is 1. The third-order valence-corrected chi connectivity index (χ3v) is 9.01. The van der Waals surface area contributed by atoms with Crippen molar-refractivity contribution in [3.63, 3.8) is 0 Å². The molecule has 6 rings (SSSR count). The number of hydrogen-bond donors (Lipinski definition) is 0. The normalized spacial score (nSPS) is 19.2. The van der Waals surface area contributed by atoms with Crippen LogP contribution in [0.15, 0.2) is 133 Å². The van der Waals surface area contributed by atoms with Gasteiger partial charge in [0.1, 0.15) is 24.4 Å². The summed E-state index contributed by atoms with van der Waals surface area (Å²) in [6, 6.07) is 42.2. The smallest absolute Gasteiger partial charge is 0.244 e. The minimum absolute atomic E-state index is 0.122. The van der Waals surface area contributed by atoms with Crippen LogP contribution in [-0.4, -0.2) is 49.9 Å². The summed E-state index contributed by atoms with van der Waals surface area (Å²) < 4.78 is 32.1. The fraction of sp³-hybridized carbons (Fsp3) is 0.350. The molecule has 4 aromatic rings. The standard InChI is InChI=1S/C40H45NO5/c1-39(2)44-29-37(46-39)35(38(43-30-42-3)36-25-16-26-41(36)27-31-17-8-4-9-18-31)28-45-40(32-19-10-5-11-20-32,33-21-12-6-13-22-33)34-23-14-7-15-24-34/h4-15,17-24,29,35-36,38H,16,25-28,30H2,1-3H3/t35?,36?,38-/m0/s1. The second-order valence-electron chi connectivity index (χ2n) is 12.5. The third kappa shape index (κ3) is 7.06. The molecule has 0 radical (unpaired) electrons. The van der Waals surface area contributed by atoms with Gasteiger partial charge in [0.25, 0.3) is 0 Å². The van der Waals surface area contributed by atoms with Crippen LogP contribution in [0.3, 0.4) is 0 Å². The first-order valence-electron chi connectivity index (χ1n) is 16.3. The van der Waals surface area contributed by atoms with Crippen molar-refractivity contribution in [1.29, 1.82) is 0 Å². The molecule has 2 aliphatic heterocycles. The molecular formula is C40H45NO5. The van der Waals surface area contributed by atoms with Crippen molar-refractivity contribution in [2.24, 2.45) is 5.92 Å². The van der Waals surface area contributed by atoms with Crippen molar-refractivity contribution >= 4 is 0 Å². The Morgan fingerprint density at radius 3 is 1.85 bits per heavy atom.